The van der Waals surface area contributed by atoms with Crippen LogP contribution in [0.5, 0.6) is 0 Å². The van der Waals surface area contributed by atoms with Crippen molar-refractivity contribution in [2.75, 3.05) is 133 Å². The van der Waals surface area contributed by atoms with Crippen LogP contribution in [0.3, 0.4) is 0 Å². The van der Waals surface area contributed by atoms with Crippen molar-refractivity contribution in [3.63, 3.8) is 0 Å². The second-order valence-electron chi connectivity index (χ2n) is 30.1. The van der Waals surface area contributed by atoms with Crippen LogP contribution in [0.1, 0.15) is 115 Å². The third kappa shape index (κ3) is 22.2. The molecule has 3 fully saturated rings. The molecule has 0 radical (unpaired) electrons. The summed E-state index contributed by atoms with van der Waals surface area (Å²) < 4.78 is 126. The van der Waals surface area contributed by atoms with Crippen molar-refractivity contribution in [3.05, 3.63) is 271 Å². The van der Waals surface area contributed by atoms with Gasteiger partial charge >= 0.3 is 18.5 Å². The van der Waals surface area contributed by atoms with E-state index in [9.17, 15) is 53.9 Å². The Morgan fingerprint density at radius 3 is 1.23 bits per heavy atom. The van der Waals surface area contributed by atoms with Gasteiger partial charge in [0.05, 0.1) is 62.1 Å². The van der Waals surface area contributed by atoms with Gasteiger partial charge in [-0.05, 0) is 137 Å². The Bertz CT molecular complexity index is 5930. The summed E-state index contributed by atoms with van der Waals surface area (Å²) in [7, 11) is 5.98. The number of pyridine rings is 6. The molecule has 123 heavy (non-hydrogen) atoms. The number of nitrogen functional groups attached to an aromatic ring is 3. The molecule has 3 saturated heterocycles. The van der Waals surface area contributed by atoms with Crippen molar-refractivity contribution in [1.29, 1.82) is 0 Å². The van der Waals surface area contributed by atoms with Gasteiger partial charge < -0.3 is 47.9 Å². The van der Waals surface area contributed by atoms with E-state index in [0.717, 1.165) is 79.2 Å². The lowest BCUT2D eigenvalue weighted by Gasteiger charge is -2.33. The number of alkyl halides is 9. The topological polar surface area (TPSA) is 288 Å². The van der Waals surface area contributed by atoms with E-state index in [-0.39, 0.29) is 75.9 Å². The van der Waals surface area contributed by atoms with E-state index in [1.807, 2.05) is 73.1 Å². The Labute approximate surface area is 703 Å². The number of nitrogens with zero attached hydrogens (tertiary/aromatic N) is 14. The van der Waals surface area contributed by atoms with Crippen molar-refractivity contribution < 1.29 is 53.9 Å². The van der Waals surface area contributed by atoms with Gasteiger partial charge in [0.15, 0.2) is 0 Å². The van der Waals surface area contributed by atoms with Gasteiger partial charge in [-0.15, -0.1) is 0 Å². The van der Waals surface area contributed by atoms with Crippen molar-refractivity contribution in [1.82, 2.24) is 69.3 Å². The number of nitrogens with two attached hydrogens (primary N) is 3. The van der Waals surface area contributed by atoms with Gasteiger partial charge in [-0.3, -0.25) is 54.0 Å². The first-order chi connectivity index (χ1) is 58.7. The molecule has 0 unspecified atom stereocenters. The van der Waals surface area contributed by atoms with E-state index in [1.54, 1.807) is 75.0 Å². The number of amides is 3. The lowest BCUT2D eigenvalue weighted by atomic mass is 10.0. The van der Waals surface area contributed by atoms with Crippen LogP contribution >= 0.6 is 0 Å². The van der Waals surface area contributed by atoms with Gasteiger partial charge in [-0.25, -0.2) is 15.0 Å². The van der Waals surface area contributed by atoms with Crippen LogP contribution in [0.15, 0.2) is 171 Å². The van der Waals surface area contributed by atoms with Gasteiger partial charge in [0.1, 0.15) is 34.0 Å². The van der Waals surface area contributed by atoms with Crippen LogP contribution in [-0.4, -0.2) is 187 Å². The monoisotopic (exact) mass is 1680 g/mol. The normalized spacial score (nSPS) is 14.5. The number of piperazine rings is 3. The van der Waals surface area contributed by atoms with Crippen molar-refractivity contribution in [2.24, 2.45) is 0 Å². The average Bonchev–Trinajstić information content (AvgIpc) is 0.822. The fraction of sp³-hybridized carbons (Fsp3) is 0.264. The third-order valence-electron chi connectivity index (χ3n) is 21.2. The van der Waals surface area contributed by atoms with Gasteiger partial charge in [-0.1, -0.05) is 84.1 Å². The summed E-state index contributed by atoms with van der Waals surface area (Å²) in [6.45, 7) is 14.9. The molecule has 3 aliphatic heterocycles. The molecule has 9 N–H and O–H groups in total. The smallest absolute Gasteiger partial charge is 0.383 e. The van der Waals surface area contributed by atoms with E-state index in [4.69, 9.17) is 17.2 Å². The first-order valence-corrected chi connectivity index (χ1v) is 39.1. The largest absolute Gasteiger partial charge is 0.416 e. The Morgan fingerprint density at radius 2 is 0.756 bits per heavy atom. The minimum atomic E-state index is -4.56. The molecule has 0 aliphatic carbocycles. The first-order valence-electron chi connectivity index (χ1n) is 39.1. The maximum Gasteiger partial charge on any atom is 0.416 e. The molecule has 0 atom stereocenters. The molecule has 0 bridgehead atoms. The summed E-state index contributed by atoms with van der Waals surface area (Å²) in [5, 5.41) is 10.1. The molecule has 15 rings (SSSR count). The van der Waals surface area contributed by atoms with Crippen LogP contribution in [0, 0.1) is 56.3 Å². The molecule has 7 aromatic heterocycles. The first kappa shape index (κ1) is 87.3. The Morgan fingerprint density at radius 1 is 0.366 bits per heavy atom. The maximum atomic E-state index is 14.0. The molecule has 630 valence electrons. The number of halogens is 9. The number of nitrogens with one attached hydrogen (secondary N) is 3. The molecule has 3 amide bonds. The fourth-order valence-electron chi connectivity index (χ4n) is 14.0. The summed E-state index contributed by atoms with van der Waals surface area (Å²) in [5.74, 6) is 17.4. The average molecular weight is 1680 g/mol. The highest BCUT2D eigenvalue weighted by Crippen LogP contribution is 2.39. The molecule has 10 heterocycles. The van der Waals surface area contributed by atoms with Crippen molar-refractivity contribution in [2.45, 2.75) is 58.9 Å². The minimum Gasteiger partial charge on any atom is -0.383 e. The number of likely N-dealkylation sites (N-methyl/N-ethyl adjacent to an activating group) is 3. The van der Waals surface area contributed by atoms with Crippen molar-refractivity contribution >= 4 is 84.9 Å². The predicted octanol–water partition coefficient (Wildman–Crippen LogP) is 13.6. The number of benzene rings is 5. The molecular formula is C91H85F9N20O3. The number of hydrogen-bond donors (Lipinski definition) is 6. The van der Waals surface area contributed by atoms with Crippen LogP contribution in [0.4, 0.5) is 74.0 Å². The summed E-state index contributed by atoms with van der Waals surface area (Å²) >= 11 is 0. The molecule has 0 saturated carbocycles. The quantitative estimate of drug-likeness (QED) is 0.0489. The van der Waals surface area contributed by atoms with Gasteiger partial charge in [0.2, 0.25) is 0 Å². The molecule has 32 heteroatoms. The van der Waals surface area contributed by atoms with Gasteiger partial charge in [0, 0.05) is 197 Å². The molecule has 0 spiro atoms. The number of rotatable bonds is 12. The van der Waals surface area contributed by atoms with E-state index in [0.29, 0.717) is 112 Å². The van der Waals surface area contributed by atoms with E-state index in [1.165, 1.54) is 61.2 Å². The standard InChI is InChI=1S/C31H29F3N6O.2C30H28F3N7O/c1-20-21(7-8-22-17-37-29(35)27-6-4-3-5-26(22)27)15-24(18-36-20)30(41)38-25-10-9-23(28(16-25)31(32,33)34)19-40-13-11-39(2)12-14-40;1-19-3-4-21(15-20(19)6-8-24-27-26(17-37-28(24)34)35-9-10-36-27)29(41)38-23-7-5-22(25(16-23)30(31,32)33)18-40-13-11-39(2)12-14-40;1-19-20(5-6-21-16-37-28(34)27-25(21)4-3-9-35-27)14-23(17-36-19)29(41)38-24-8-7-22(26(15-24)30(31,32)33)18-40-12-10-39(2)11-13-40/h3-6,9-10,15-18H,11-14,19H2,1-2H3,(H2,35,37)(H,38,41);3-5,7,9-10,15-17H,11-14,18H2,1-2H3,(H2,34,37)(H,38,41);3-4,7-9,14-17H,10-13,18H2,1-2H3,(H2,34,37)(H,38,41). The second kappa shape index (κ2) is 38.0. The molecule has 12 aromatic rings. The maximum absolute atomic E-state index is 14.0. The van der Waals surface area contributed by atoms with E-state index in [2.05, 4.69) is 106 Å². The van der Waals surface area contributed by atoms with Crippen LogP contribution in [-0.2, 0) is 38.2 Å². The highest BCUT2D eigenvalue weighted by molar-refractivity contribution is 6.06. The molecule has 5 aromatic carbocycles. The zero-order valence-electron chi connectivity index (χ0n) is 67.9. The van der Waals surface area contributed by atoms with Gasteiger partial charge in [0.25, 0.3) is 17.7 Å². The SMILES string of the molecule is Cc1ccc(C(=O)Nc2ccc(CN3CCN(C)CC3)c(C(F)(F)F)c2)cc1C#Cc1c(N)ncc2nccnc12.Cc1ncc(C(=O)Nc2ccc(CN3CCN(C)CC3)c(C(F)(F)F)c2)cc1C#Cc1cnc(N)c2ccccc12.Cc1ncc(C(=O)Nc2ccc(CN3CCN(C)CC3)c(C(F)(F)F)c2)cc1C#Cc1cnc(N)c2ncccc12. The summed E-state index contributed by atoms with van der Waals surface area (Å²) in [5.41, 5.74) is 23.8. The summed E-state index contributed by atoms with van der Waals surface area (Å²) in [6, 6.07) is 30.9. The lowest BCUT2D eigenvalue weighted by Crippen LogP contribution is -2.44. The Balaban J connectivity index is 0.000000159. The Kier molecular flexibility index (Phi) is 27.0. The molecule has 23 nitrogen and oxygen atoms in total. The number of aromatic nitrogens is 8. The summed E-state index contributed by atoms with van der Waals surface area (Å²) in [4.78, 5) is 85.4. The predicted molar refractivity (Wildman–Crippen MR) is 455 cm³/mol. The zero-order chi connectivity index (χ0) is 87.4. The van der Waals surface area contributed by atoms with Crippen LogP contribution < -0.4 is 33.2 Å². The third-order valence-corrected chi connectivity index (χ3v) is 21.2. The number of carbonyl (C=O) groups excluding carboxylic acids is 3. The molecular weight excluding hydrogens is 1590 g/mol. The minimum absolute atomic E-state index is 0.0459. The van der Waals surface area contributed by atoms with Crippen molar-refractivity contribution in [3.8, 4) is 35.5 Å². The van der Waals surface area contributed by atoms with Crippen LogP contribution in [0.25, 0.3) is 32.7 Å². The number of anilines is 6. The second-order valence-corrected chi connectivity index (χ2v) is 30.1. The highest BCUT2D eigenvalue weighted by Gasteiger charge is 2.38. The fourth-order valence-corrected chi connectivity index (χ4v) is 14.0. The zero-order valence-corrected chi connectivity index (χ0v) is 67.9. The van der Waals surface area contributed by atoms with Gasteiger partial charge in [-0.2, -0.15) is 39.5 Å². The van der Waals surface area contributed by atoms with Crippen LogP contribution in [0.2, 0.25) is 0 Å². The highest BCUT2D eigenvalue weighted by atomic mass is 19.4. The lowest BCUT2D eigenvalue weighted by molar-refractivity contribution is -0.139. The number of hydrogen-bond acceptors (Lipinski definition) is 20. The van der Waals surface area contributed by atoms with E-state index < -0.39 is 52.9 Å². The molecule has 3 aliphatic rings. The Hall–Kier alpha value is -13.5. The number of fused-ring (bicyclic) bond motifs is 3. The number of aryl methyl sites for hydroxylation is 3. The summed E-state index contributed by atoms with van der Waals surface area (Å²) in [6.07, 6.45) is -1.57. The van der Waals surface area contributed by atoms with E-state index >= 15 is 0 Å². The number of carbonyl (C=O) groups is 3.